The van der Waals surface area contributed by atoms with Crippen LogP contribution in [0.5, 0.6) is 0 Å². The molecule has 0 heterocycles. The standard InChI is InChI=1S/C9H17F5O8P2/c10-6-8(11,12)9(13,14)7(22-24(18,19)20)4-2-1-3-5-21-23(15,16)17/h7H,1-6H2,(H2,15,16,17)(H2,18,19,20)/p-2. The van der Waals surface area contributed by atoms with E-state index in [0.717, 1.165) is 0 Å². The van der Waals surface area contributed by atoms with Crippen LogP contribution in [0, 0.1) is 0 Å². The lowest BCUT2D eigenvalue weighted by atomic mass is 10.0. The normalized spacial score (nSPS) is 15.5. The Morgan fingerprint density at radius 2 is 1.58 bits per heavy atom. The third kappa shape index (κ3) is 8.82. The monoisotopic (exact) mass is 408 g/mol. The molecule has 146 valence electrons. The van der Waals surface area contributed by atoms with Crippen LogP contribution in [0.4, 0.5) is 22.0 Å². The highest BCUT2D eigenvalue weighted by atomic mass is 31.2. The molecule has 1 atom stereocenters. The minimum Gasteiger partial charge on any atom is -0.790 e. The van der Waals surface area contributed by atoms with Gasteiger partial charge in [0.2, 0.25) is 0 Å². The maximum absolute atomic E-state index is 13.5. The topological polar surface area (TPSA) is 139 Å². The first-order valence-corrected chi connectivity index (χ1v) is 9.33. The number of rotatable bonds is 12. The molecule has 0 aliphatic carbocycles. The van der Waals surface area contributed by atoms with Crippen LogP contribution in [0.15, 0.2) is 0 Å². The van der Waals surface area contributed by atoms with Crippen LogP contribution in [0.2, 0.25) is 0 Å². The molecule has 0 aromatic heterocycles. The van der Waals surface area contributed by atoms with Crippen LogP contribution in [0.25, 0.3) is 0 Å². The van der Waals surface area contributed by atoms with Gasteiger partial charge < -0.3 is 28.7 Å². The van der Waals surface area contributed by atoms with Crippen molar-refractivity contribution >= 4 is 15.6 Å². The van der Waals surface area contributed by atoms with Gasteiger partial charge in [-0.2, -0.15) is 17.6 Å². The van der Waals surface area contributed by atoms with Gasteiger partial charge in [-0.3, -0.25) is 4.52 Å². The number of alkyl halides is 5. The van der Waals surface area contributed by atoms with Crippen molar-refractivity contribution in [1.29, 1.82) is 0 Å². The van der Waals surface area contributed by atoms with Crippen LogP contribution in [0.3, 0.4) is 0 Å². The second-order valence-corrected chi connectivity index (χ2v) is 7.02. The summed E-state index contributed by atoms with van der Waals surface area (Å²) in [5, 5.41) is 0. The molecule has 0 bridgehead atoms. The number of phosphoric acid groups is 2. The molecule has 0 saturated carbocycles. The molecule has 0 fully saturated rings. The van der Waals surface area contributed by atoms with Crippen molar-refractivity contribution in [2.75, 3.05) is 13.3 Å². The number of halogens is 5. The fraction of sp³-hybridized carbons (Fsp3) is 1.00. The fourth-order valence-electron chi connectivity index (χ4n) is 1.57. The highest BCUT2D eigenvalue weighted by Crippen LogP contribution is 2.44. The van der Waals surface area contributed by atoms with Gasteiger partial charge in [-0.15, -0.1) is 0 Å². The van der Waals surface area contributed by atoms with Crippen molar-refractivity contribution in [3.05, 3.63) is 0 Å². The molecule has 0 aliphatic heterocycles. The molecule has 0 spiro atoms. The van der Waals surface area contributed by atoms with E-state index in [-0.39, 0.29) is 19.3 Å². The Balaban J connectivity index is 4.71. The Kier molecular flexibility index (Phi) is 8.95. The molecular formula is C9H15F5O8P2-2. The molecule has 24 heavy (non-hydrogen) atoms. The van der Waals surface area contributed by atoms with Gasteiger partial charge in [0.15, 0.2) is 6.67 Å². The number of phosphoric ester groups is 2. The first-order chi connectivity index (χ1) is 10.6. The minimum atomic E-state index is -6.05. The summed E-state index contributed by atoms with van der Waals surface area (Å²) in [6.07, 6.45) is -4.68. The Bertz CT molecular complexity index is 479. The zero-order chi connectivity index (χ0) is 19.2. The van der Waals surface area contributed by atoms with E-state index in [9.17, 15) is 40.9 Å². The Morgan fingerprint density at radius 1 is 1.04 bits per heavy atom. The van der Waals surface area contributed by atoms with E-state index in [2.05, 4.69) is 9.05 Å². The molecule has 8 nitrogen and oxygen atoms in total. The fourth-order valence-corrected chi connectivity index (χ4v) is 2.49. The minimum absolute atomic E-state index is 0.0880. The van der Waals surface area contributed by atoms with E-state index < -0.39 is 53.3 Å². The molecule has 0 rings (SSSR count). The lowest BCUT2D eigenvalue weighted by Gasteiger charge is -2.38. The molecule has 0 aliphatic rings. The average molecular weight is 408 g/mol. The molecule has 0 aromatic rings. The zero-order valence-electron chi connectivity index (χ0n) is 11.9. The second kappa shape index (κ2) is 9.00. The van der Waals surface area contributed by atoms with Crippen molar-refractivity contribution in [3.63, 3.8) is 0 Å². The van der Waals surface area contributed by atoms with Crippen molar-refractivity contribution in [2.24, 2.45) is 0 Å². The van der Waals surface area contributed by atoms with E-state index >= 15 is 0 Å². The quantitative estimate of drug-likeness (QED) is 0.278. The van der Waals surface area contributed by atoms with Gasteiger partial charge in [0, 0.05) is 0 Å². The van der Waals surface area contributed by atoms with Crippen molar-refractivity contribution in [3.8, 4) is 0 Å². The molecule has 15 heteroatoms. The first-order valence-electron chi connectivity index (χ1n) is 6.34. The summed E-state index contributed by atoms with van der Waals surface area (Å²) in [7, 11) is -10.8. The Morgan fingerprint density at radius 3 is 2.00 bits per heavy atom. The predicted octanol–water partition coefficient (Wildman–Crippen LogP) is 1.11. The van der Waals surface area contributed by atoms with Gasteiger partial charge in [0.25, 0.3) is 0 Å². The Labute approximate surface area is 133 Å². The summed E-state index contributed by atoms with van der Waals surface area (Å²) < 4.78 is 93.1. The summed E-state index contributed by atoms with van der Waals surface area (Å²) in [5.41, 5.74) is 0. The molecule has 2 N–H and O–H groups in total. The summed E-state index contributed by atoms with van der Waals surface area (Å²) in [4.78, 5) is 37.6. The van der Waals surface area contributed by atoms with Crippen LogP contribution in [-0.4, -0.2) is 41.0 Å². The lowest BCUT2D eigenvalue weighted by molar-refractivity contribution is -0.356. The summed E-state index contributed by atoms with van der Waals surface area (Å²) in [5.74, 6) is -10.5. The van der Waals surface area contributed by atoms with Crippen LogP contribution in [-0.2, 0) is 18.2 Å². The largest absolute Gasteiger partial charge is 0.790 e. The average Bonchev–Trinajstić information content (AvgIpc) is 2.38. The van der Waals surface area contributed by atoms with Gasteiger partial charge in [-0.1, -0.05) is 12.8 Å². The van der Waals surface area contributed by atoms with Gasteiger partial charge in [0.1, 0.15) is 6.10 Å². The molecule has 0 aromatic carbocycles. The third-order valence-electron chi connectivity index (χ3n) is 2.69. The van der Waals surface area contributed by atoms with E-state index in [1.165, 1.54) is 0 Å². The number of hydrogen-bond donors (Lipinski definition) is 2. The first kappa shape index (κ1) is 23.9. The third-order valence-corrected chi connectivity index (χ3v) is 3.72. The van der Waals surface area contributed by atoms with E-state index in [4.69, 9.17) is 9.79 Å². The summed E-state index contributed by atoms with van der Waals surface area (Å²) >= 11 is 0. The highest BCUT2D eigenvalue weighted by Gasteiger charge is 2.61. The van der Waals surface area contributed by atoms with Crippen molar-refractivity contribution < 1.29 is 59.7 Å². The van der Waals surface area contributed by atoms with Gasteiger partial charge in [0.05, 0.1) is 14.4 Å². The summed E-state index contributed by atoms with van der Waals surface area (Å²) in [6, 6.07) is 0. The maximum atomic E-state index is 13.5. The molecule has 0 saturated heterocycles. The smallest absolute Gasteiger partial charge is 0.469 e. The van der Waals surface area contributed by atoms with Gasteiger partial charge >= 0.3 is 19.7 Å². The molecule has 0 amide bonds. The predicted molar refractivity (Wildman–Crippen MR) is 64.8 cm³/mol. The molecular weight excluding hydrogens is 393 g/mol. The van der Waals surface area contributed by atoms with E-state index in [0.29, 0.717) is 0 Å². The van der Waals surface area contributed by atoms with Crippen molar-refractivity contribution in [2.45, 2.75) is 43.6 Å². The van der Waals surface area contributed by atoms with E-state index in [1.54, 1.807) is 0 Å². The van der Waals surface area contributed by atoms with E-state index in [1.807, 2.05) is 0 Å². The summed E-state index contributed by atoms with van der Waals surface area (Å²) in [6.45, 7) is -3.27. The number of unbranched alkanes of at least 4 members (excludes halogenated alkanes) is 2. The van der Waals surface area contributed by atoms with Gasteiger partial charge in [-0.25, -0.2) is 8.96 Å². The highest BCUT2D eigenvalue weighted by molar-refractivity contribution is 7.46. The van der Waals surface area contributed by atoms with Gasteiger partial charge in [-0.05, 0) is 12.8 Å². The van der Waals surface area contributed by atoms with Crippen LogP contribution < -0.4 is 9.79 Å². The Hall–Kier alpha value is -0.130. The number of hydrogen-bond acceptors (Lipinski definition) is 6. The molecule has 1 unspecified atom stereocenters. The zero-order valence-corrected chi connectivity index (χ0v) is 13.7. The maximum Gasteiger partial charge on any atom is 0.469 e. The SMILES string of the molecule is O=P([O-])([O-])OC(CCCCCOP(=O)(O)O)C(F)(F)C(F)(F)CF. The van der Waals surface area contributed by atoms with Crippen molar-refractivity contribution in [1.82, 2.24) is 0 Å². The van der Waals surface area contributed by atoms with Crippen LogP contribution in [0.1, 0.15) is 25.7 Å². The van der Waals surface area contributed by atoms with Crippen LogP contribution >= 0.6 is 15.6 Å². The molecule has 0 radical (unpaired) electrons. The second-order valence-electron chi connectivity index (χ2n) is 4.68. The lowest BCUT2D eigenvalue weighted by Crippen LogP contribution is -2.52.